The third-order valence-corrected chi connectivity index (χ3v) is 4.65. The van der Waals surface area contributed by atoms with E-state index in [-0.39, 0.29) is 0 Å². The smallest absolute Gasteiger partial charge is 0.0130 e. The van der Waals surface area contributed by atoms with E-state index in [1.54, 1.807) is 6.42 Å². The summed E-state index contributed by atoms with van der Waals surface area (Å²) in [4.78, 5) is 2.85. The van der Waals surface area contributed by atoms with Gasteiger partial charge in [-0.05, 0) is 71.8 Å². The number of hydrogen-bond acceptors (Lipinski definition) is 2. The third-order valence-electron chi connectivity index (χ3n) is 4.65. The molecule has 4 aliphatic rings. The van der Waals surface area contributed by atoms with Crippen molar-refractivity contribution in [3.05, 3.63) is 0 Å². The molecule has 2 aliphatic heterocycles. The average molecular weight is 224 g/mol. The zero-order valence-corrected chi connectivity index (χ0v) is 11.4. The summed E-state index contributed by atoms with van der Waals surface area (Å²) in [5, 5.41) is 0. The van der Waals surface area contributed by atoms with Crippen molar-refractivity contribution >= 4 is 0 Å². The molecular formula is C14H28N2. The van der Waals surface area contributed by atoms with Crippen LogP contribution in [0.25, 0.3) is 0 Å². The van der Waals surface area contributed by atoms with Crippen LogP contribution in [0.5, 0.6) is 0 Å². The molecule has 0 aromatic heterocycles. The Kier molecular flexibility index (Phi) is 3.33. The van der Waals surface area contributed by atoms with Crippen molar-refractivity contribution < 1.29 is 0 Å². The summed E-state index contributed by atoms with van der Waals surface area (Å²) >= 11 is 0. The minimum Gasteiger partial charge on any atom is -0.333 e. The van der Waals surface area contributed by atoms with Crippen LogP contribution >= 0.6 is 0 Å². The number of nitrogens with two attached hydrogens (primary N) is 1. The SMILES string of the molecule is CC(C)(C)N1C2CC3CC(C2)CC1C3.CN. The highest BCUT2D eigenvalue weighted by Gasteiger charge is 2.49. The highest BCUT2D eigenvalue weighted by atomic mass is 15.3. The average Bonchev–Trinajstić information content (AvgIpc) is 2.16. The Hall–Kier alpha value is -0.0800. The van der Waals surface area contributed by atoms with Gasteiger partial charge in [-0.3, -0.25) is 4.90 Å². The fourth-order valence-electron chi connectivity index (χ4n) is 4.63. The molecule has 0 spiro atoms. The van der Waals surface area contributed by atoms with Crippen molar-refractivity contribution in [1.82, 2.24) is 4.90 Å². The zero-order chi connectivity index (χ0) is 11.9. The molecule has 0 atom stereocenters. The molecule has 2 heteroatoms. The van der Waals surface area contributed by atoms with E-state index in [0.29, 0.717) is 5.54 Å². The van der Waals surface area contributed by atoms with E-state index in [1.807, 2.05) is 0 Å². The zero-order valence-electron chi connectivity index (χ0n) is 11.4. The summed E-state index contributed by atoms with van der Waals surface area (Å²) < 4.78 is 0. The van der Waals surface area contributed by atoms with Gasteiger partial charge in [-0.25, -0.2) is 0 Å². The first-order chi connectivity index (χ1) is 7.54. The summed E-state index contributed by atoms with van der Waals surface area (Å²) in [6, 6.07) is 1.87. The predicted molar refractivity (Wildman–Crippen MR) is 69.3 cm³/mol. The van der Waals surface area contributed by atoms with Crippen LogP contribution in [0, 0.1) is 11.8 Å². The Bertz CT molecular complexity index is 214. The molecule has 4 fully saturated rings. The molecular weight excluding hydrogens is 196 g/mol. The second kappa shape index (κ2) is 4.30. The Morgan fingerprint density at radius 2 is 1.19 bits per heavy atom. The van der Waals surface area contributed by atoms with Crippen LogP contribution in [0.2, 0.25) is 0 Å². The summed E-state index contributed by atoms with van der Waals surface area (Å²) in [6.45, 7) is 7.19. The minimum atomic E-state index is 0.405. The van der Waals surface area contributed by atoms with Crippen LogP contribution in [0.15, 0.2) is 0 Å². The Morgan fingerprint density at radius 3 is 1.50 bits per heavy atom. The molecule has 16 heavy (non-hydrogen) atoms. The van der Waals surface area contributed by atoms with Gasteiger partial charge < -0.3 is 5.73 Å². The summed E-state index contributed by atoms with van der Waals surface area (Å²) in [6.07, 6.45) is 7.58. The molecule has 2 heterocycles. The second-order valence-electron chi connectivity index (χ2n) is 6.80. The van der Waals surface area contributed by atoms with Crippen molar-refractivity contribution in [2.75, 3.05) is 7.05 Å². The van der Waals surface area contributed by atoms with Gasteiger partial charge in [0.05, 0.1) is 0 Å². The van der Waals surface area contributed by atoms with Gasteiger partial charge in [-0.2, -0.15) is 0 Å². The van der Waals surface area contributed by atoms with Gasteiger partial charge in [0.15, 0.2) is 0 Å². The lowest BCUT2D eigenvalue weighted by atomic mass is 9.62. The van der Waals surface area contributed by atoms with E-state index >= 15 is 0 Å². The van der Waals surface area contributed by atoms with Gasteiger partial charge in [-0.1, -0.05) is 0 Å². The number of piperidine rings is 2. The molecule has 2 N–H and O–H groups in total. The Balaban J connectivity index is 0.000000457. The van der Waals surface area contributed by atoms with Gasteiger partial charge in [-0.15, -0.1) is 0 Å². The molecule has 0 unspecified atom stereocenters. The standard InChI is InChI=1S/C13H23N.CH5N/c1-13(2,3)14-11-5-9-4-10(7-11)8-12(14)6-9;1-2/h9-12H,4-8H2,1-3H3;2H2,1H3. The Labute approximate surface area is 101 Å². The normalized spacial score (nSPS) is 41.8. The monoisotopic (exact) mass is 224 g/mol. The molecule has 2 saturated carbocycles. The van der Waals surface area contributed by atoms with Crippen molar-refractivity contribution in [3.8, 4) is 0 Å². The fraction of sp³-hybridized carbons (Fsp3) is 1.00. The van der Waals surface area contributed by atoms with E-state index < -0.39 is 0 Å². The first-order valence-electron chi connectivity index (χ1n) is 6.90. The summed E-state index contributed by atoms with van der Waals surface area (Å²) in [5.41, 5.74) is 4.91. The molecule has 2 nitrogen and oxygen atoms in total. The minimum absolute atomic E-state index is 0.405. The van der Waals surface area contributed by atoms with E-state index in [9.17, 15) is 0 Å². The lowest BCUT2D eigenvalue weighted by Gasteiger charge is -2.60. The first-order valence-corrected chi connectivity index (χ1v) is 6.90. The topological polar surface area (TPSA) is 29.3 Å². The molecule has 2 saturated heterocycles. The van der Waals surface area contributed by atoms with Gasteiger partial charge in [0.25, 0.3) is 0 Å². The third kappa shape index (κ3) is 2.02. The second-order valence-corrected chi connectivity index (χ2v) is 6.80. The molecule has 0 radical (unpaired) electrons. The van der Waals surface area contributed by atoms with Gasteiger partial charge >= 0.3 is 0 Å². The lowest BCUT2D eigenvalue weighted by Crippen LogP contribution is -2.63. The molecule has 0 aromatic carbocycles. The van der Waals surface area contributed by atoms with Crippen molar-refractivity contribution in [1.29, 1.82) is 0 Å². The highest BCUT2D eigenvalue weighted by Crippen LogP contribution is 2.51. The molecule has 4 bridgehead atoms. The number of nitrogens with zero attached hydrogens (tertiary/aromatic N) is 1. The molecule has 2 aliphatic carbocycles. The maximum atomic E-state index is 4.50. The van der Waals surface area contributed by atoms with Crippen LogP contribution in [0.3, 0.4) is 0 Å². The van der Waals surface area contributed by atoms with Crippen LogP contribution in [0.1, 0.15) is 52.9 Å². The van der Waals surface area contributed by atoms with Crippen LogP contribution in [0.4, 0.5) is 0 Å². The lowest BCUT2D eigenvalue weighted by molar-refractivity contribution is -0.103. The van der Waals surface area contributed by atoms with Crippen molar-refractivity contribution in [2.24, 2.45) is 17.6 Å². The Morgan fingerprint density at radius 1 is 0.812 bits per heavy atom. The van der Waals surface area contributed by atoms with E-state index in [2.05, 4.69) is 31.4 Å². The summed E-state index contributed by atoms with van der Waals surface area (Å²) in [5.74, 6) is 2.19. The predicted octanol–water partition coefficient (Wildman–Crippen LogP) is 2.62. The summed E-state index contributed by atoms with van der Waals surface area (Å²) in [7, 11) is 1.50. The maximum Gasteiger partial charge on any atom is 0.0130 e. The van der Waals surface area contributed by atoms with Crippen LogP contribution in [-0.2, 0) is 0 Å². The molecule has 0 amide bonds. The van der Waals surface area contributed by atoms with E-state index in [4.69, 9.17) is 0 Å². The van der Waals surface area contributed by atoms with Gasteiger partial charge in [0.2, 0.25) is 0 Å². The molecule has 4 rings (SSSR count). The first kappa shape index (κ1) is 12.4. The maximum absolute atomic E-state index is 4.50. The largest absolute Gasteiger partial charge is 0.333 e. The van der Waals surface area contributed by atoms with E-state index in [0.717, 1.165) is 23.9 Å². The van der Waals surface area contributed by atoms with Crippen molar-refractivity contribution in [3.63, 3.8) is 0 Å². The fourth-order valence-corrected chi connectivity index (χ4v) is 4.63. The molecule has 94 valence electrons. The number of hydrogen-bond donors (Lipinski definition) is 1. The van der Waals surface area contributed by atoms with Crippen LogP contribution < -0.4 is 5.73 Å². The van der Waals surface area contributed by atoms with Gasteiger partial charge in [0, 0.05) is 17.6 Å². The van der Waals surface area contributed by atoms with E-state index in [1.165, 1.54) is 32.7 Å². The van der Waals surface area contributed by atoms with Crippen molar-refractivity contribution in [2.45, 2.75) is 70.5 Å². The van der Waals surface area contributed by atoms with Gasteiger partial charge in [0.1, 0.15) is 0 Å². The highest BCUT2D eigenvalue weighted by molar-refractivity contribution is 5.03. The molecule has 0 aromatic rings. The quantitative estimate of drug-likeness (QED) is 0.685. The van der Waals surface area contributed by atoms with Crippen LogP contribution in [-0.4, -0.2) is 29.6 Å². The number of rotatable bonds is 0.